The number of aliphatic hydroxyl groups excluding tert-OH is 2. The number of allylic oxidation sites excluding steroid dienone is 2. The van der Waals surface area contributed by atoms with Crippen LogP contribution >= 0.6 is 0 Å². The molecule has 1 aliphatic heterocycles. The van der Waals surface area contributed by atoms with Crippen LogP contribution in [-0.2, 0) is 4.79 Å². The number of carbonyl (C=O) groups excluding carboxylic acids is 1. The van der Waals surface area contributed by atoms with Crippen molar-refractivity contribution in [3.8, 4) is 0 Å². The van der Waals surface area contributed by atoms with Gasteiger partial charge in [0.15, 0.2) is 0 Å². The van der Waals surface area contributed by atoms with E-state index in [2.05, 4.69) is 20.6 Å². The van der Waals surface area contributed by atoms with Gasteiger partial charge in [0, 0.05) is 47.5 Å². The number of dihydropyridines is 1. The molecule has 4 rings (SSSR count). The van der Waals surface area contributed by atoms with E-state index in [1.54, 1.807) is 12.4 Å². The molecule has 2 aliphatic rings. The van der Waals surface area contributed by atoms with Gasteiger partial charge in [0.05, 0.1) is 17.8 Å². The van der Waals surface area contributed by atoms with Gasteiger partial charge in [-0.3, -0.25) is 9.78 Å². The van der Waals surface area contributed by atoms with Crippen molar-refractivity contribution in [3.63, 3.8) is 0 Å². The number of amides is 1. The Balaban J connectivity index is 1.50. The third kappa shape index (κ3) is 4.46. The average molecular weight is 394 g/mol. The van der Waals surface area contributed by atoms with Crippen molar-refractivity contribution < 1.29 is 15.0 Å². The normalized spacial score (nSPS) is 19.9. The van der Waals surface area contributed by atoms with Crippen LogP contribution in [-0.4, -0.2) is 44.8 Å². The van der Waals surface area contributed by atoms with Crippen LogP contribution in [0.3, 0.4) is 0 Å². The zero-order valence-corrected chi connectivity index (χ0v) is 16.4. The van der Waals surface area contributed by atoms with Gasteiger partial charge in [-0.05, 0) is 50.3 Å². The van der Waals surface area contributed by atoms with Crippen LogP contribution in [0.2, 0.25) is 0 Å². The molecule has 0 saturated heterocycles. The Morgan fingerprint density at radius 2 is 2.03 bits per heavy atom. The first kappa shape index (κ1) is 19.5. The maximum absolute atomic E-state index is 11.9. The Labute approximate surface area is 169 Å². The van der Waals surface area contributed by atoms with Crippen LogP contribution in [0.25, 0.3) is 16.3 Å². The highest BCUT2D eigenvalue weighted by Crippen LogP contribution is 2.31. The second-order valence-corrected chi connectivity index (χ2v) is 7.78. The van der Waals surface area contributed by atoms with E-state index in [1.165, 1.54) is 0 Å². The minimum Gasteiger partial charge on any atom is -0.396 e. The first-order chi connectivity index (χ1) is 14.0. The summed E-state index contributed by atoms with van der Waals surface area (Å²) in [6, 6.07) is 3.64. The standard InChI is InChI=1S/C22H26N4O3/c1-13-7-19(20(28)3-2-6-27)24-12-17(13)18-8-15-11-25-21(9-16(15)10-23-18)26-22(29)14-4-5-14/h7-12,14,19-20,24,27-28H,2-6H2,1H3,(H,25,26,29). The second-order valence-electron chi connectivity index (χ2n) is 7.78. The van der Waals surface area contributed by atoms with E-state index in [4.69, 9.17) is 5.11 Å². The Kier molecular flexibility index (Phi) is 5.60. The monoisotopic (exact) mass is 394 g/mol. The molecule has 4 N–H and O–H groups in total. The SMILES string of the molecule is CC1=CC(C(O)CCCO)NC=C1c1cc2cnc(NC(=O)C3CC3)cc2cn1. The zero-order valence-electron chi connectivity index (χ0n) is 16.4. The fourth-order valence-electron chi connectivity index (χ4n) is 3.51. The average Bonchev–Trinajstić information content (AvgIpc) is 3.57. The van der Waals surface area contributed by atoms with Gasteiger partial charge in [-0.1, -0.05) is 6.08 Å². The van der Waals surface area contributed by atoms with Gasteiger partial charge in [0.2, 0.25) is 5.91 Å². The summed E-state index contributed by atoms with van der Waals surface area (Å²) in [6.07, 6.45) is 9.90. The number of aliphatic hydroxyl groups is 2. The van der Waals surface area contributed by atoms with Crippen LogP contribution in [0.15, 0.2) is 42.4 Å². The highest BCUT2D eigenvalue weighted by molar-refractivity contribution is 5.95. The lowest BCUT2D eigenvalue weighted by Crippen LogP contribution is -2.37. The zero-order chi connectivity index (χ0) is 20.4. The number of fused-ring (bicyclic) bond motifs is 1. The molecular formula is C22H26N4O3. The highest BCUT2D eigenvalue weighted by Gasteiger charge is 2.29. The number of rotatable bonds is 7. The first-order valence-corrected chi connectivity index (χ1v) is 10.1. The number of aromatic nitrogens is 2. The maximum Gasteiger partial charge on any atom is 0.228 e. The number of anilines is 1. The second kappa shape index (κ2) is 8.31. The highest BCUT2D eigenvalue weighted by atomic mass is 16.3. The molecule has 7 nitrogen and oxygen atoms in total. The van der Waals surface area contributed by atoms with E-state index < -0.39 is 6.10 Å². The molecule has 1 fully saturated rings. The quantitative estimate of drug-likeness (QED) is 0.574. The van der Waals surface area contributed by atoms with Crippen molar-refractivity contribution in [2.75, 3.05) is 11.9 Å². The molecule has 2 atom stereocenters. The molecule has 0 aromatic carbocycles. The van der Waals surface area contributed by atoms with Crippen LogP contribution in [0.1, 0.15) is 38.3 Å². The molecule has 1 saturated carbocycles. The Bertz CT molecular complexity index is 981. The van der Waals surface area contributed by atoms with E-state index in [9.17, 15) is 9.90 Å². The van der Waals surface area contributed by atoms with E-state index in [0.29, 0.717) is 18.7 Å². The molecule has 1 amide bonds. The van der Waals surface area contributed by atoms with Gasteiger partial charge in [-0.25, -0.2) is 4.98 Å². The lowest BCUT2D eigenvalue weighted by molar-refractivity contribution is -0.117. The Morgan fingerprint density at radius 3 is 2.76 bits per heavy atom. The lowest BCUT2D eigenvalue weighted by Gasteiger charge is -2.26. The molecule has 3 heterocycles. The molecule has 0 radical (unpaired) electrons. The van der Waals surface area contributed by atoms with Gasteiger partial charge in [0.25, 0.3) is 0 Å². The third-order valence-electron chi connectivity index (χ3n) is 5.43. The number of nitrogens with one attached hydrogen (secondary N) is 2. The topological polar surface area (TPSA) is 107 Å². The molecular weight excluding hydrogens is 368 g/mol. The molecule has 1 aliphatic carbocycles. The Morgan fingerprint density at radius 1 is 1.28 bits per heavy atom. The van der Waals surface area contributed by atoms with Crippen molar-refractivity contribution in [2.24, 2.45) is 5.92 Å². The molecule has 2 aromatic rings. The molecule has 152 valence electrons. The van der Waals surface area contributed by atoms with E-state index in [-0.39, 0.29) is 24.5 Å². The number of hydrogen-bond acceptors (Lipinski definition) is 6. The maximum atomic E-state index is 11.9. The predicted octanol–water partition coefficient (Wildman–Crippen LogP) is 2.37. The third-order valence-corrected chi connectivity index (χ3v) is 5.43. The molecule has 2 unspecified atom stereocenters. The summed E-state index contributed by atoms with van der Waals surface area (Å²) in [5, 5.41) is 27.1. The largest absolute Gasteiger partial charge is 0.396 e. The molecule has 7 heteroatoms. The van der Waals surface area contributed by atoms with Gasteiger partial charge in [0.1, 0.15) is 5.82 Å². The molecule has 0 spiro atoms. The summed E-state index contributed by atoms with van der Waals surface area (Å²) in [6.45, 7) is 2.08. The number of pyridine rings is 2. The first-order valence-electron chi connectivity index (χ1n) is 10.1. The summed E-state index contributed by atoms with van der Waals surface area (Å²) in [5.74, 6) is 0.731. The number of nitrogens with zero attached hydrogens (tertiary/aromatic N) is 2. The summed E-state index contributed by atoms with van der Waals surface area (Å²) < 4.78 is 0. The molecule has 29 heavy (non-hydrogen) atoms. The number of hydrogen-bond donors (Lipinski definition) is 4. The van der Waals surface area contributed by atoms with Gasteiger partial charge < -0.3 is 20.8 Å². The minimum absolute atomic E-state index is 0.0383. The smallest absolute Gasteiger partial charge is 0.228 e. The van der Waals surface area contributed by atoms with Crippen molar-refractivity contribution in [1.29, 1.82) is 0 Å². The van der Waals surface area contributed by atoms with Crippen molar-refractivity contribution >= 4 is 28.1 Å². The molecule has 0 bridgehead atoms. The van der Waals surface area contributed by atoms with Crippen LogP contribution in [0.4, 0.5) is 5.82 Å². The lowest BCUT2D eigenvalue weighted by atomic mass is 9.95. The summed E-state index contributed by atoms with van der Waals surface area (Å²) in [4.78, 5) is 20.9. The van der Waals surface area contributed by atoms with Crippen LogP contribution < -0.4 is 10.6 Å². The minimum atomic E-state index is -0.548. The predicted molar refractivity (Wildman–Crippen MR) is 112 cm³/mol. The fourth-order valence-corrected chi connectivity index (χ4v) is 3.51. The van der Waals surface area contributed by atoms with Crippen molar-refractivity contribution in [3.05, 3.63) is 48.1 Å². The van der Waals surface area contributed by atoms with Crippen molar-refractivity contribution in [2.45, 2.75) is 44.8 Å². The van der Waals surface area contributed by atoms with Gasteiger partial charge in [-0.15, -0.1) is 0 Å². The van der Waals surface area contributed by atoms with E-state index in [1.807, 2.05) is 31.3 Å². The van der Waals surface area contributed by atoms with Crippen molar-refractivity contribution in [1.82, 2.24) is 15.3 Å². The Hall–Kier alpha value is -2.77. The van der Waals surface area contributed by atoms with Crippen LogP contribution in [0.5, 0.6) is 0 Å². The molecule has 2 aromatic heterocycles. The van der Waals surface area contributed by atoms with Gasteiger partial charge in [-0.2, -0.15) is 0 Å². The van der Waals surface area contributed by atoms with Gasteiger partial charge >= 0.3 is 0 Å². The summed E-state index contributed by atoms with van der Waals surface area (Å²) >= 11 is 0. The van der Waals surface area contributed by atoms with E-state index >= 15 is 0 Å². The summed E-state index contributed by atoms with van der Waals surface area (Å²) in [7, 11) is 0. The van der Waals surface area contributed by atoms with Crippen LogP contribution in [0, 0.1) is 5.92 Å². The fraction of sp³-hybridized carbons (Fsp3) is 0.409. The number of carbonyl (C=O) groups is 1. The van der Waals surface area contributed by atoms with E-state index in [0.717, 1.165) is 40.5 Å². The summed E-state index contributed by atoms with van der Waals surface area (Å²) in [5.41, 5.74) is 2.81.